The average molecular weight is 500 g/mol. The van der Waals surface area contributed by atoms with Gasteiger partial charge >= 0.3 is 0 Å². The third-order valence-electron chi connectivity index (χ3n) is 4.52. The number of aromatic nitrogens is 4. The number of hydrogen-bond donors (Lipinski definition) is 1. The molecule has 2 heterocycles. The second-order valence-electron chi connectivity index (χ2n) is 7.06. The SMILES string of the molecule is CCOc1ccc(OCc2nnc(SCC(=O)Nc3cc(C)on3)n2-c2ccc(Cl)cc2)cc1. The minimum absolute atomic E-state index is 0.109. The summed E-state index contributed by atoms with van der Waals surface area (Å²) in [5, 5.41) is 16.2. The predicted molar refractivity (Wildman–Crippen MR) is 129 cm³/mol. The van der Waals surface area contributed by atoms with Gasteiger partial charge in [-0.3, -0.25) is 9.36 Å². The Morgan fingerprint density at radius 1 is 1.09 bits per heavy atom. The molecule has 1 amide bonds. The Bertz CT molecular complexity index is 1240. The van der Waals surface area contributed by atoms with Crippen molar-refractivity contribution in [2.45, 2.75) is 25.6 Å². The first-order valence-corrected chi connectivity index (χ1v) is 11.8. The summed E-state index contributed by atoms with van der Waals surface area (Å²) in [6, 6.07) is 16.3. The van der Waals surface area contributed by atoms with E-state index in [2.05, 4.69) is 20.7 Å². The Labute approximate surface area is 205 Å². The van der Waals surface area contributed by atoms with Crippen molar-refractivity contribution in [3.63, 3.8) is 0 Å². The van der Waals surface area contributed by atoms with Gasteiger partial charge in [-0.1, -0.05) is 28.5 Å². The van der Waals surface area contributed by atoms with Crippen LogP contribution in [0.2, 0.25) is 5.02 Å². The maximum atomic E-state index is 12.4. The molecular formula is C23H22ClN5O4S. The zero-order valence-corrected chi connectivity index (χ0v) is 20.1. The third-order valence-corrected chi connectivity index (χ3v) is 5.70. The van der Waals surface area contributed by atoms with Crippen LogP contribution < -0.4 is 14.8 Å². The van der Waals surface area contributed by atoms with Crippen molar-refractivity contribution in [3.05, 3.63) is 71.2 Å². The fourth-order valence-electron chi connectivity index (χ4n) is 3.02. The van der Waals surface area contributed by atoms with E-state index in [4.69, 9.17) is 25.6 Å². The second-order valence-corrected chi connectivity index (χ2v) is 8.44. The fourth-order valence-corrected chi connectivity index (χ4v) is 3.91. The highest BCUT2D eigenvalue weighted by atomic mass is 35.5. The predicted octanol–water partition coefficient (Wildman–Crippen LogP) is 4.93. The van der Waals surface area contributed by atoms with Crippen LogP contribution in [-0.4, -0.2) is 38.2 Å². The molecule has 2 aromatic carbocycles. The van der Waals surface area contributed by atoms with E-state index in [0.717, 1.165) is 11.4 Å². The Morgan fingerprint density at radius 2 is 1.79 bits per heavy atom. The van der Waals surface area contributed by atoms with Crippen molar-refractivity contribution >= 4 is 35.1 Å². The standard InChI is InChI=1S/C23H22ClN5O4S/c1-3-31-18-8-10-19(11-9-18)32-13-21-26-27-23(29(21)17-6-4-16(24)5-7-17)34-14-22(30)25-20-12-15(2)33-28-20/h4-12H,3,13-14H2,1-2H3,(H,25,28,30). The van der Waals surface area contributed by atoms with Crippen molar-refractivity contribution in [1.82, 2.24) is 19.9 Å². The van der Waals surface area contributed by atoms with Crippen LogP contribution >= 0.6 is 23.4 Å². The number of nitrogens with zero attached hydrogens (tertiary/aromatic N) is 4. The fraction of sp³-hybridized carbons (Fsp3) is 0.217. The quantitative estimate of drug-likeness (QED) is 0.306. The molecule has 0 aliphatic heterocycles. The van der Waals surface area contributed by atoms with E-state index in [1.165, 1.54) is 11.8 Å². The monoisotopic (exact) mass is 499 g/mol. The summed E-state index contributed by atoms with van der Waals surface area (Å²) < 4.78 is 18.2. The first kappa shape index (κ1) is 23.7. The summed E-state index contributed by atoms with van der Waals surface area (Å²) in [4.78, 5) is 12.4. The number of amides is 1. The van der Waals surface area contributed by atoms with Crippen LogP contribution in [0.5, 0.6) is 11.5 Å². The number of aryl methyl sites for hydroxylation is 1. The molecule has 0 aliphatic carbocycles. The maximum absolute atomic E-state index is 12.4. The number of nitrogens with one attached hydrogen (secondary N) is 1. The highest BCUT2D eigenvalue weighted by molar-refractivity contribution is 7.99. The summed E-state index contributed by atoms with van der Waals surface area (Å²) in [6.45, 7) is 4.46. The molecule has 0 unspecified atom stereocenters. The number of carbonyl (C=O) groups excluding carboxylic acids is 1. The molecule has 2 aromatic heterocycles. The van der Waals surface area contributed by atoms with Gasteiger partial charge in [-0.25, -0.2) is 0 Å². The van der Waals surface area contributed by atoms with Gasteiger partial charge < -0.3 is 19.3 Å². The van der Waals surface area contributed by atoms with Gasteiger partial charge in [-0.15, -0.1) is 10.2 Å². The summed E-state index contributed by atoms with van der Waals surface area (Å²) in [5.74, 6) is 2.87. The molecule has 9 nitrogen and oxygen atoms in total. The van der Waals surface area contributed by atoms with Crippen LogP contribution in [0.3, 0.4) is 0 Å². The Hall–Kier alpha value is -3.50. The Morgan fingerprint density at radius 3 is 2.44 bits per heavy atom. The number of benzene rings is 2. The molecule has 176 valence electrons. The summed E-state index contributed by atoms with van der Waals surface area (Å²) in [5.41, 5.74) is 0.801. The van der Waals surface area contributed by atoms with Gasteiger partial charge in [-0.05, 0) is 62.4 Å². The van der Waals surface area contributed by atoms with E-state index in [0.29, 0.717) is 39.9 Å². The molecule has 34 heavy (non-hydrogen) atoms. The molecule has 0 saturated heterocycles. The van der Waals surface area contributed by atoms with Crippen molar-refractivity contribution in [2.75, 3.05) is 17.7 Å². The first-order chi connectivity index (χ1) is 16.5. The van der Waals surface area contributed by atoms with E-state index in [1.54, 1.807) is 25.1 Å². The van der Waals surface area contributed by atoms with E-state index in [1.807, 2.05) is 47.9 Å². The Balaban J connectivity index is 1.48. The van der Waals surface area contributed by atoms with Gasteiger partial charge in [0.25, 0.3) is 0 Å². The topological polar surface area (TPSA) is 104 Å². The number of hydrogen-bond acceptors (Lipinski definition) is 8. The average Bonchev–Trinajstić information content (AvgIpc) is 3.43. The van der Waals surface area contributed by atoms with Crippen LogP contribution in [0.25, 0.3) is 5.69 Å². The summed E-state index contributed by atoms with van der Waals surface area (Å²) in [6.07, 6.45) is 0. The molecule has 0 fully saturated rings. The van der Waals surface area contributed by atoms with Crippen molar-refractivity contribution in [2.24, 2.45) is 0 Å². The van der Waals surface area contributed by atoms with Crippen LogP contribution in [0.4, 0.5) is 5.82 Å². The number of thioether (sulfide) groups is 1. The molecule has 1 N–H and O–H groups in total. The molecule has 0 bridgehead atoms. The molecule has 0 aliphatic rings. The lowest BCUT2D eigenvalue weighted by atomic mass is 10.3. The lowest BCUT2D eigenvalue weighted by molar-refractivity contribution is -0.113. The van der Waals surface area contributed by atoms with Gasteiger partial charge in [-0.2, -0.15) is 0 Å². The van der Waals surface area contributed by atoms with E-state index < -0.39 is 0 Å². The second kappa shape index (κ2) is 11.1. The molecule has 0 saturated carbocycles. The molecular weight excluding hydrogens is 478 g/mol. The van der Waals surface area contributed by atoms with E-state index >= 15 is 0 Å². The van der Waals surface area contributed by atoms with Gasteiger partial charge in [0.05, 0.1) is 12.4 Å². The van der Waals surface area contributed by atoms with Gasteiger partial charge in [0.1, 0.15) is 23.9 Å². The summed E-state index contributed by atoms with van der Waals surface area (Å²) in [7, 11) is 0. The Kier molecular flexibility index (Phi) is 7.71. The molecule has 11 heteroatoms. The van der Waals surface area contributed by atoms with Crippen LogP contribution in [0, 0.1) is 6.92 Å². The highest BCUT2D eigenvalue weighted by Gasteiger charge is 2.17. The summed E-state index contributed by atoms with van der Waals surface area (Å²) >= 11 is 7.31. The smallest absolute Gasteiger partial charge is 0.236 e. The van der Waals surface area contributed by atoms with Gasteiger partial charge in [0.15, 0.2) is 16.8 Å². The third kappa shape index (κ3) is 6.09. The van der Waals surface area contributed by atoms with Crippen molar-refractivity contribution < 1.29 is 18.8 Å². The minimum atomic E-state index is -0.240. The van der Waals surface area contributed by atoms with Crippen LogP contribution in [0.15, 0.2) is 64.3 Å². The van der Waals surface area contributed by atoms with Crippen LogP contribution in [0.1, 0.15) is 18.5 Å². The zero-order chi connectivity index (χ0) is 23.9. The number of carbonyl (C=O) groups is 1. The number of rotatable bonds is 10. The van der Waals surface area contributed by atoms with Crippen molar-refractivity contribution in [3.8, 4) is 17.2 Å². The maximum Gasteiger partial charge on any atom is 0.236 e. The largest absolute Gasteiger partial charge is 0.494 e. The lowest BCUT2D eigenvalue weighted by Gasteiger charge is -2.11. The molecule has 4 rings (SSSR count). The molecule has 0 atom stereocenters. The number of ether oxygens (including phenoxy) is 2. The number of anilines is 1. The first-order valence-electron chi connectivity index (χ1n) is 10.4. The molecule has 0 spiro atoms. The minimum Gasteiger partial charge on any atom is -0.494 e. The van der Waals surface area contributed by atoms with Crippen LogP contribution in [-0.2, 0) is 11.4 Å². The number of halogens is 1. The van der Waals surface area contributed by atoms with Gasteiger partial charge in [0.2, 0.25) is 5.91 Å². The molecule has 4 aromatic rings. The zero-order valence-electron chi connectivity index (χ0n) is 18.5. The lowest BCUT2D eigenvalue weighted by Crippen LogP contribution is -2.15. The van der Waals surface area contributed by atoms with E-state index in [9.17, 15) is 4.79 Å². The van der Waals surface area contributed by atoms with E-state index in [-0.39, 0.29) is 18.3 Å². The van der Waals surface area contributed by atoms with Gasteiger partial charge in [0, 0.05) is 16.8 Å². The van der Waals surface area contributed by atoms with Crippen molar-refractivity contribution in [1.29, 1.82) is 0 Å². The normalized spacial score (nSPS) is 10.8. The highest BCUT2D eigenvalue weighted by Crippen LogP contribution is 2.25. The molecule has 0 radical (unpaired) electrons.